The lowest BCUT2D eigenvalue weighted by Crippen LogP contribution is -2.45. The normalized spacial score (nSPS) is 26.7. The van der Waals surface area contributed by atoms with Gasteiger partial charge >= 0.3 is 0 Å². The lowest BCUT2D eigenvalue weighted by molar-refractivity contribution is -0.125. The van der Waals surface area contributed by atoms with Crippen LogP contribution in [-0.4, -0.2) is 18.5 Å². The van der Waals surface area contributed by atoms with Crippen LogP contribution in [0, 0.1) is 11.3 Å². The second-order valence-corrected chi connectivity index (χ2v) is 5.77. The molecular weight excluding hydrogens is 200 g/mol. The number of primary amides is 1. The van der Waals surface area contributed by atoms with Crippen LogP contribution >= 0.6 is 0 Å². The van der Waals surface area contributed by atoms with Gasteiger partial charge in [0, 0.05) is 12.6 Å². The Kier molecular flexibility index (Phi) is 4.78. The highest BCUT2D eigenvalue weighted by molar-refractivity contribution is 5.80. The highest BCUT2D eigenvalue weighted by Gasteiger charge is 2.27. The maximum Gasteiger partial charge on any atom is 0.224 e. The molecule has 94 valence electrons. The number of carbonyl (C=O) groups excluding carboxylic acids is 1. The summed E-state index contributed by atoms with van der Waals surface area (Å²) in [7, 11) is 0. The van der Waals surface area contributed by atoms with Gasteiger partial charge in [0.15, 0.2) is 0 Å². The Bertz CT molecular complexity index is 238. The minimum atomic E-state index is -0.431. The predicted octanol–water partition coefficient (Wildman–Crippen LogP) is 2.06. The fourth-order valence-corrected chi connectivity index (χ4v) is 2.33. The predicted molar refractivity (Wildman–Crippen MR) is 67.0 cm³/mol. The zero-order valence-corrected chi connectivity index (χ0v) is 10.9. The molecule has 1 fully saturated rings. The summed E-state index contributed by atoms with van der Waals surface area (Å²) in [6.45, 7) is 6.77. The van der Waals surface area contributed by atoms with E-state index in [0.717, 1.165) is 5.92 Å². The van der Waals surface area contributed by atoms with Crippen LogP contribution < -0.4 is 11.1 Å². The monoisotopic (exact) mass is 226 g/mol. The van der Waals surface area contributed by atoms with Crippen LogP contribution in [-0.2, 0) is 4.79 Å². The molecule has 1 saturated carbocycles. The van der Waals surface area contributed by atoms with Crippen LogP contribution in [0.15, 0.2) is 0 Å². The Labute approximate surface area is 99.2 Å². The molecule has 0 saturated heterocycles. The van der Waals surface area contributed by atoms with Crippen LogP contribution in [0.25, 0.3) is 0 Å². The van der Waals surface area contributed by atoms with Gasteiger partial charge < -0.3 is 11.1 Å². The van der Waals surface area contributed by atoms with Gasteiger partial charge in [-0.25, -0.2) is 0 Å². The standard InChI is InChI=1S/C13H26N2O/c1-4-10-6-5-7-11(8-10)15-9-13(2,3)12(14)16/h10-11,15H,4-9H2,1-3H3,(H2,14,16). The Morgan fingerprint density at radius 2 is 2.12 bits per heavy atom. The average Bonchev–Trinajstić information content (AvgIpc) is 2.26. The van der Waals surface area contributed by atoms with Crippen LogP contribution in [0.4, 0.5) is 0 Å². The highest BCUT2D eigenvalue weighted by Crippen LogP contribution is 2.27. The van der Waals surface area contributed by atoms with E-state index in [-0.39, 0.29) is 5.91 Å². The molecule has 1 amide bonds. The minimum Gasteiger partial charge on any atom is -0.369 e. The van der Waals surface area contributed by atoms with Crippen molar-refractivity contribution in [3.8, 4) is 0 Å². The van der Waals surface area contributed by atoms with Crippen LogP contribution in [0.2, 0.25) is 0 Å². The molecule has 16 heavy (non-hydrogen) atoms. The third kappa shape index (κ3) is 3.78. The number of rotatable bonds is 5. The van der Waals surface area contributed by atoms with Crippen molar-refractivity contribution in [1.82, 2.24) is 5.32 Å². The molecule has 3 heteroatoms. The van der Waals surface area contributed by atoms with Gasteiger partial charge in [-0.3, -0.25) is 4.79 Å². The molecule has 3 nitrogen and oxygen atoms in total. The number of hydrogen-bond donors (Lipinski definition) is 2. The first-order valence-corrected chi connectivity index (χ1v) is 6.49. The topological polar surface area (TPSA) is 55.1 Å². The molecule has 0 radical (unpaired) electrons. The van der Waals surface area contributed by atoms with E-state index in [0.29, 0.717) is 12.6 Å². The third-order valence-electron chi connectivity index (χ3n) is 3.86. The summed E-state index contributed by atoms with van der Waals surface area (Å²) in [6.07, 6.45) is 6.45. The number of carbonyl (C=O) groups is 1. The number of amides is 1. The number of hydrogen-bond acceptors (Lipinski definition) is 2. The quantitative estimate of drug-likeness (QED) is 0.754. The minimum absolute atomic E-state index is 0.220. The van der Waals surface area contributed by atoms with Gasteiger partial charge in [-0.15, -0.1) is 0 Å². The Morgan fingerprint density at radius 3 is 2.69 bits per heavy atom. The van der Waals surface area contributed by atoms with Gasteiger partial charge in [0.1, 0.15) is 0 Å². The van der Waals surface area contributed by atoms with Crippen molar-refractivity contribution in [3.05, 3.63) is 0 Å². The summed E-state index contributed by atoms with van der Waals surface area (Å²) in [6, 6.07) is 0.581. The van der Waals surface area contributed by atoms with Gasteiger partial charge in [-0.2, -0.15) is 0 Å². The van der Waals surface area contributed by atoms with E-state index in [1.165, 1.54) is 32.1 Å². The maximum atomic E-state index is 11.2. The third-order valence-corrected chi connectivity index (χ3v) is 3.86. The maximum absolute atomic E-state index is 11.2. The lowest BCUT2D eigenvalue weighted by atomic mass is 9.83. The van der Waals surface area contributed by atoms with Crippen molar-refractivity contribution in [2.45, 2.75) is 58.9 Å². The van der Waals surface area contributed by atoms with E-state index < -0.39 is 5.41 Å². The van der Waals surface area contributed by atoms with Crippen LogP contribution in [0.1, 0.15) is 52.9 Å². The Morgan fingerprint density at radius 1 is 1.44 bits per heavy atom. The molecule has 0 aromatic carbocycles. The molecule has 1 aliphatic carbocycles. The van der Waals surface area contributed by atoms with Gasteiger partial charge in [0.05, 0.1) is 5.41 Å². The molecule has 2 unspecified atom stereocenters. The van der Waals surface area contributed by atoms with Crippen LogP contribution in [0.5, 0.6) is 0 Å². The van der Waals surface area contributed by atoms with E-state index in [4.69, 9.17) is 5.73 Å². The molecular formula is C13H26N2O. The van der Waals surface area contributed by atoms with E-state index in [2.05, 4.69) is 12.2 Å². The second kappa shape index (κ2) is 5.67. The van der Waals surface area contributed by atoms with Crippen molar-refractivity contribution in [2.24, 2.45) is 17.1 Å². The summed E-state index contributed by atoms with van der Waals surface area (Å²) in [4.78, 5) is 11.2. The lowest BCUT2D eigenvalue weighted by Gasteiger charge is -2.31. The van der Waals surface area contributed by atoms with E-state index in [1.807, 2.05) is 13.8 Å². The first-order chi connectivity index (χ1) is 7.45. The van der Waals surface area contributed by atoms with Gasteiger partial charge in [0.2, 0.25) is 5.91 Å². The van der Waals surface area contributed by atoms with E-state index in [1.54, 1.807) is 0 Å². The zero-order chi connectivity index (χ0) is 12.2. The summed E-state index contributed by atoms with van der Waals surface area (Å²) in [5, 5.41) is 3.51. The fourth-order valence-electron chi connectivity index (χ4n) is 2.33. The SMILES string of the molecule is CCC1CCCC(NCC(C)(C)C(N)=O)C1. The molecule has 0 bridgehead atoms. The highest BCUT2D eigenvalue weighted by atomic mass is 16.1. The first kappa shape index (κ1) is 13.5. The molecule has 2 atom stereocenters. The second-order valence-electron chi connectivity index (χ2n) is 5.77. The van der Waals surface area contributed by atoms with Gasteiger partial charge in [-0.1, -0.05) is 26.2 Å². The summed E-state index contributed by atoms with van der Waals surface area (Å²) >= 11 is 0. The van der Waals surface area contributed by atoms with E-state index in [9.17, 15) is 4.79 Å². The smallest absolute Gasteiger partial charge is 0.224 e. The van der Waals surface area contributed by atoms with Gasteiger partial charge in [-0.05, 0) is 32.6 Å². The average molecular weight is 226 g/mol. The molecule has 0 heterocycles. The summed E-state index contributed by atoms with van der Waals surface area (Å²) in [5.41, 5.74) is 4.93. The Hall–Kier alpha value is -0.570. The molecule has 3 N–H and O–H groups in total. The molecule has 0 aromatic rings. The largest absolute Gasteiger partial charge is 0.369 e. The van der Waals surface area contributed by atoms with Gasteiger partial charge in [0.25, 0.3) is 0 Å². The molecule has 1 rings (SSSR count). The summed E-state index contributed by atoms with van der Waals surface area (Å²) < 4.78 is 0. The van der Waals surface area contributed by atoms with Crippen molar-refractivity contribution in [2.75, 3.05) is 6.54 Å². The first-order valence-electron chi connectivity index (χ1n) is 6.49. The molecule has 0 aliphatic heterocycles. The van der Waals surface area contributed by atoms with Crippen molar-refractivity contribution in [3.63, 3.8) is 0 Å². The van der Waals surface area contributed by atoms with Crippen molar-refractivity contribution >= 4 is 5.91 Å². The van der Waals surface area contributed by atoms with Crippen molar-refractivity contribution in [1.29, 1.82) is 0 Å². The zero-order valence-electron chi connectivity index (χ0n) is 10.9. The molecule has 0 spiro atoms. The fraction of sp³-hybridized carbons (Fsp3) is 0.923. The van der Waals surface area contributed by atoms with Crippen LogP contribution in [0.3, 0.4) is 0 Å². The summed E-state index contributed by atoms with van der Waals surface area (Å²) in [5.74, 6) is 0.644. The molecule has 1 aliphatic rings. The number of nitrogens with two attached hydrogens (primary N) is 1. The number of nitrogens with one attached hydrogen (secondary N) is 1. The Balaban J connectivity index is 2.35. The van der Waals surface area contributed by atoms with E-state index >= 15 is 0 Å². The molecule has 0 aromatic heterocycles. The van der Waals surface area contributed by atoms with Crippen molar-refractivity contribution < 1.29 is 4.79 Å².